The number of nitrogens with zero attached hydrogens (tertiary/aromatic N) is 2. The van der Waals surface area contributed by atoms with Crippen molar-refractivity contribution in [3.8, 4) is 22.9 Å². The van der Waals surface area contributed by atoms with Gasteiger partial charge in [-0.25, -0.2) is 4.98 Å². The Morgan fingerprint density at radius 1 is 1.32 bits per heavy atom. The molecule has 0 saturated heterocycles. The third-order valence-electron chi connectivity index (χ3n) is 2.63. The zero-order chi connectivity index (χ0) is 14.0. The van der Waals surface area contributed by atoms with E-state index in [0.717, 1.165) is 5.56 Å². The summed E-state index contributed by atoms with van der Waals surface area (Å²) in [5, 5.41) is 7.33. The van der Waals surface area contributed by atoms with Gasteiger partial charge in [0.25, 0.3) is 0 Å². The standard InChI is InChI=1S/C12H15ClN4O2/c1-6(14)11-15-12(17-16-11)7-4-8(13)10(19-3)9(5-7)18-2/h4-6H,14H2,1-3H3,(H,15,16,17). The van der Waals surface area contributed by atoms with Gasteiger partial charge in [0.2, 0.25) is 0 Å². The van der Waals surface area contributed by atoms with E-state index in [0.29, 0.717) is 28.2 Å². The third-order valence-corrected chi connectivity index (χ3v) is 2.91. The molecule has 1 aromatic carbocycles. The zero-order valence-corrected chi connectivity index (χ0v) is 11.7. The Morgan fingerprint density at radius 2 is 2.05 bits per heavy atom. The molecule has 0 bridgehead atoms. The molecule has 1 unspecified atom stereocenters. The number of hydrogen-bond acceptors (Lipinski definition) is 5. The van der Waals surface area contributed by atoms with Crippen LogP contribution in [0, 0.1) is 0 Å². The molecule has 3 N–H and O–H groups in total. The Bertz CT molecular complexity index is 583. The molecule has 0 fully saturated rings. The third kappa shape index (κ3) is 2.64. The van der Waals surface area contributed by atoms with E-state index in [-0.39, 0.29) is 6.04 Å². The molecule has 19 heavy (non-hydrogen) atoms. The molecule has 2 aromatic rings. The van der Waals surface area contributed by atoms with Crippen molar-refractivity contribution in [1.29, 1.82) is 0 Å². The summed E-state index contributed by atoms with van der Waals surface area (Å²) in [6.07, 6.45) is 0. The van der Waals surface area contributed by atoms with Crippen LogP contribution in [0.2, 0.25) is 5.02 Å². The number of benzene rings is 1. The Labute approximate surface area is 115 Å². The molecular formula is C12H15ClN4O2. The van der Waals surface area contributed by atoms with E-state index in [2.05, 4.69) is 15.2 Å². The second kappa shape index (κ2) is 5.46. The number of aromatic nitrogens is 3. The highest BCUT2D eigenvalue weighted by molar-refractivity contribution is 6.32. The largest absolute Gasteiger partial charge is 0.493 e. The van der Waals surface area contributed by atoms with Crippen molar-refractivity contribution in [3.05, 3.63) is 23.0 Å². The predicted molar refractivity (Wildman–Crippen MR) is 72.5 cm³/mol. The van der Waals surface area contributed by atoms with Crippen molar-refractivity contribution < 1.29 is 9.47 Å². The quantitative estimate of drug-likeness (QED) is 0.897. The van der Waals surface area contributed by atoms with Gasteiger partial charge in [-0.1, -0.05) is 11.6 Å². The summed E-state index contributed by atoms with van der Waals surface area (Å²) >= 11 is 6.14. The van der Waals surface area contributed by atoms with Gasteiger partial charge >= 0.3 is 0 Å². The molecule has 7 heteroatoms. The van der Waals surface area contributed by atoms with Gasteiger partial charge in [-0.2, -0.15) is 5.10 Å². The molecule has 1 heterocycles. The van der Waals surface area contributed by atoms with E-state index in [9.17, 15) is 0 Å². The monoisotopic (exact) mass is 282 g/mol. The number of nitrogens with two attached hydrogens (primary N) is 1. The smallest absolute Gasteiger partial charge is 0.181 e. The fourth-order valence-corrected chi connectivity index (χ4v) is 1.94. The van der Waals surface area contributed by atoms with Crippen LogP contribution in [0.5, 0.6) is 11.5 Å². The van der Waals surface area contributed by atoms with Gasteiger partial charge in [-0.05, 0) is 19.1 Å². The molecule has 6 nitrogen and oxygen atoms in total. The van der Waals surface area contributed by atoms with Gasteiger partial charge < -0.3 is 15.2 Å². The summed E-state index contributed by atoms with van der Waals surface area (Å²) in [5.74, 6) is 2.13. The topological polar surface area (TPSA) is 86.0 Å². The van der Waals surface area contributed by atoms with E-state index >= 15 is 0 Å². The van der Waals surface area contributed by atoms with Gasteiger partial charge in [0.05, 0.1) is 25.3 Å². The Hall–Kier alpha value is -1.79. The number of halogens is 1. The Morgan fingerprint density at radius 3 is 2.58 bits per heavy atom. The number of hydrogen-bond donors (Lipinski definition) is 2. The van der Waals surface area contributed by atoms with Crippen LogP contribution < -0.4 is 15.2 Å². The van der Waals surface area contributed by atoms with Crippen LogP contribution in [0.4, 0.5) is 0 Å². The van der Waals surface area contributed by atoms with Gasteiger partial charge in [-0.3, -0.25) is 5.10 Å². The van der Waals surface area contributed by atoms with E-state index in [1.54, 1.807) is 19.2 Å². The molecule has 1 aromatic heterocycles. The number of methoxy groups -OCH3 is 2. The van der Waals surface area contributed by atoms with E-state index < -0.39 is 0 Å². The van der Waals surface area contributed by atoms with Crippen molar-refractivity contribution in [2.45, 2.75) is 13.0 Å². The van der Waals surface area contributed by atoms with E-state index in [4.69, 9.17) is 26.8 Å². The number of ether oxygens (including phenoxy) is 2. The maximum Gasteiger partial charge on any atom is 0.181 e. The number of aromatic amines is 1. The minimum absolute atomic E-state index is 0.211. The summed E-state index contributed by atoms with van der Waals surface area (Å²) in [5.41, 5.74) is 6.46. The normalized spacial score (nSPS) is 12.3. The van der Waals surface area contributed by atoms with Gasteiger partial charge in [0.1, 0.15) is 5.82 Å². The molecular weight excluding hydrogens is 268 g/mol. The number of H-pyrrole nitrogens is 1. The van der Waals surface area contributed by atoms with Gasteiger partial charge in [-0.15, -0.1) is 0 Å². The lowest BCUT2D eigenvalue weighted by atomic mass is 10.2. The van der Waals surface area contributed by atoms with Crippen molar-refractivity contribution in [2.75, 3.05) is 14.2 Å². The molecule has 0 saturated carbocycles. The molecule has 1 atom stereocenters. The highest BCUT2D eigenvalue weighted by Crippen LogP contribution is 2.38. The average molecular weight is 283 g/mol. The number of nitrogens with one attached hydrogen (secondary N) is 1. The van der Waals surface area contributed by atoms with E-state index in [1.807, 2.05) is 6.92 Å². The maximum absolute atomic E-state index is 6.14. The van der Waals surface area contributed by atoms with E-state index in [1.165, 1.54) is 7.11 Å². The minimum Gasteiger partial charge on any atom is -0.493 e. The number of rotatable bonds is 4. The lowest BCUT2D eigenvalue weighted by Crippen LogP contribution is -2.06. The predicted octanol–water partition coefficient (Wildman–Crippen LogP) is 2.16. The second-order valence-corrected chi connectivity index (χ2v) is 4.43. The highest BCUT2D eigenvalue weighted by Gasteiger charge is 2.15. The first-order chi connectivity index (χ1) is 9.06. The summed E-state index contributed by atoms with van der Waals surface area (Å²) in [6.45, 7) is 1.83. The minimum atomic E-state index is -0.211. The van der Waals surface area contributed by atoms with Crippen LogP contribution >= 0.6 is 11.6 Å². The van der Waals surface area contributed by atoms with Gasteiger partial charge in [0, 0.05) is 5.56 Å². The fraction of sp³-hybridized carbons (Fsp3) is 0.333. The fourth-order valence-electron chi connectivity index (χ4n) is 1.65. The lowest BCUT2D eigenvalue weighted by molar-refractivity contribution is 0.355. The molecule has 0 amide bonds. The van der Waals surface area contributed by atoms with Gasteiger partial charge in [0.15, 0.2) is 17.3 Å². The molecule has 102 valence electrons. The van der Waals surface area contributed by atoms with Crippen molar-refractivity contribution >= 4 is 11.6 Å². The van der Waals surface area contributed by atoms with Crippen LogP contribution in [0.25, 0.3) is 11.4 Å². The maximum atomic E-state index is 6.14. The van der Waals surface area contributed by atoms with Crippen LogP contribution in [-0.4, -0.2) is 29.4 Å². The molecule has 0 spiro atoms. The first-order valence-electron chi connectivity index (χ1n) is 5.66. The Balaban J connectivity index is 2.47. The SMILES string of the molecule is COc1cc(-c2n[nH]c(C(C)N)n2)cc(Cl)c1OC. The summed E-state index contributed by atoms with van der Waals surface area (Å²) in [7, 11) is 3.08. The zero-order valence-electron chi connectivity index (χ0n) is 10.9. The first kappa shape index (κ1) is 13.6. The van der Waals surface area contributed by atoms with Crippen molar-refractivity contribution in [2.24, 2.45) is 5.73 Å². The van der Waals surface area contributed by atoms with Crippen LogP contribution in [0.3, 0.4) is 0 Å². The average Bonchev–Trinajstić information content (AvgIpc) is 2.87. The molecule has 0 radical (unpaired) electrons. The summed E-state index contributed by atoms with van der Waals surface area (Å²) in [4.78, 5) is 4.31. The summed E-state index contributed by atoms with van der Waals surface area (Å²) in [6, 6.07) is 3.27. The highest BCUT2D eigenvalue weighted by atomic mass is 35.5. The molecule has 0 aliphatic carbocycles. The molecule has 2 rings (SSSR count). The van der Waals surface area contributed by atoms with Crippen molar-refractivity contribution in [1.82, 2.24) is 15.2 Å². The van der Waals surface area contributed by atoms with Crippen molar-refractivity contribution in [3.63, 3.8) is 0 Å². The Kier molecular flexibility index (Phi) is 3.92. The first-order valence-corrected chi connectivity index (χ1v) is 6.04. The van der Waals surface area contributed by atoms with Crippen LogP contribution in [-0.2, 0) is 0 Å². The lowest BCUT2D eigenvalue weighted by Gasteiger charge is -2.10. The van der Waals surface area contributed by atoms with Crippen LogP contribution in [0.15, 0.2) is 12.1 Å². The molecule has 0 aliphatic rings. The second-order valence-electron chi connectivity index (χ2n) is 4.03. The summed E-state index contributed by atoms with van der Waals surface area (Å²) < 4.78 is 10.4. The van der Waals surface area contributed by atoms with Crippen LogP contribution in [0.1, 0.15) is 18.8 Å². The molecule has 0 aliphatic heterocycles.